The normalized spacial score (nSPS) is 11.3. The predicted molar refractivity (Wildman–Crippen MR) is 114 cm³/mol. The summed E-state index contributed by atoms with van der Waals surface area (Å²) in [5, 5.41) is 8.76. The minimum atomic E-state index is -4.96. The second kappa shape index (κ2) is 10.3. The third-order valence-corrected chi connectivity index (χ3v) is 4.97. The van der Waals surface area contributed by atoms with Crippen molar-refractivity contribution in [2.24, 2.45) is 0 Å². The van der Waals surface area contributed by atoms with Crippen LogP contribution in [0.5, 0.6) is 17.4 Å². The van der Waals surface area contributed by atoms with Crippen molar-refractivity contribution >= 4 is 17.4 Å². The van der Waals surface area contributed by atoms with Gasteiger partial charge in [0.15, 0.2) is 23.0 Å². The Bertz CT molecular complexity index is 1440. The van der Waals surface area contributed by atoms with E-state index in [1.165, 1.54) is 32.2 Å². The number of carbonyl (C=O) groups excluding carboxylic acids is 1. The van der Waals surface area contributed by atoms with E-state index in [2.05, 4.69) is 9.97 Å². The molecule has 0 fully saturated rings. The molecular formula is C22H14ClF5N4O4. The molecule has 0 aliphatic heterocycles. The molecule has 2 heterocycles. The standard InChI is InChI=1S/C22H14ClF5N4O4/c1-10(33)14-4-3-11(19(31-14)35-2)8-32-9-30-18(22(27,28)21(25)26)17(20(32)34)36-15-6-13(23)5-12(7-29)16(15)24/h3-6,9,21H,8H2,1-2H3. The highest BCUT2D eigenvalue weighted by molar-refractivity contribution is 6.30. The predicted octanol–water partition coefficient (Wildman–Crippen LogP) is 4.71. The van der Waals surface area contributed by atoms with Crippen LogP contribution in [0.3, 0.4) is 0 Å². The Kier molecular flexibility index (Phi) is 7.59. The minimum Gasteiger partial charge on any atom is -0.481 e. The first-order valence-corrected chi connectivity index (χ1v) is 10.2. The molecular weight excluding hydrogens is 515 g/mol. The van der Waals surface area contributed by atoms with Crippen molar-refractivity contribution in [3.63, 3.8) is 0 Å². The van der Waals surface area contributed by atoms with Gasteiger partial charge in [-0.05, 0) is 18.2 Å². The van der Waals surface area contributed by atoms with Gasteiger partial charge in [-0.1, -0.05) is 11.6 Å². The monoisotopic (exact) mass is 528 g/mol. The molecule has 0 amide bonds. The summed E-state index contributed by atoms with van der Waals surface area (Å²) < 4.78 is 80.1. The molecule has 0 aliphatic rings. The fraction of sp³-hybridized carbons (Fsp3) is 0.227. The lowest BCUT2D eigenvalue weighted by atomic mass is 10.2. The number of hydrogen-bond donors (Lipinski definition) is 0. The van der Waals surface area contributed by atoms with Crippen molar-refractivity contribution in [2.75, 3.05) is 7.11 Å². The number of halogens is 6. The second-order valence-corrected chi connectivity index (χ2v) is 7.62. The Balaban J connectivity index is 2.19. The largest absolute Gasteiger partial charge is 0.481 e. The lowest BCUT2D eigenvalue weighted by Crippen LogP contribution is -2.32. The number of ether oxygens (including phenoxy) is 2. The molecule has 1 aromatic carbocycles. The van der Waals surface area contributed by atoms with E-state index in [0.717, 1.165) is 12.1 Å². The Morgan fingerprint density at radius 1 is 1.31 bits per heavy atom. The van der Waals surface area contributed by atoms with Crippen molar-refractivity contribution in [2.45, 2.75) is 25.8 Å². The summed E-state index contributed by atoms with van der Waals surface area (Å²) in [7, 11) is 1.23. The van der Waals surface area contributed by atoms with Crippen LogP contribution in [0.25, 0.3) is 0 Å². The van der Waals surface area contributed by atoms with Crippen molar-refractivity contribution in [3.05, 3.63) is 74.3 Å². The van der Waals surface area contributed by atoms with Crippen LogP contribution in [-0.4, -0.2) is 33.9 Å². The van der Waals surface area contributed by atoms with Crippen LogP contribution in [0.4, 0.5) is 22.0 Å². The second-order valence-electron chi connectivity index (χ2n) is 7.18. The molecule has 3 aromatic rings. The number of nitriles is 1. The number of nitrogens with zero attached hydrogens (tertiary/aromatic N) is 4. The van der Waals surface area contributed by atoms with Crippen molar-refractivity contribution < 1.29 is 36.2 Å². The number of carbonyl (C=O) groups is 1. The quantitative estimate of drug-likeness (QED) is 0.308. The van der Waals surface area contributed by atoms with Gasteiger partial charge in [0.25, 0.3) is 5.56 Å². The molecule has 0 unspecified atom stereocenters. The number of benzene rings is 1. The Labute approximate surface area is 204 Å². The molecule has 0 bridgehead atoms. The maximum Gasteiger partial charge on any atom is 0.352 e. The van der Waals surface area contributed by atoms with Crippen LogP contribution >= 0.6 is 11.6 Å². The molecule has 0 spiro atoms. The number of hydrogen-bond acceptors (Lipinski definition) is 7. The van der Waals surface area contributed by atoms with Gasteiger partial charge >= 0.3 is 12.3 Å². The summed E-state index contributed by atoms with van der Waals surface area (Å²) in [6.07, 6.45) is -3.72. The summed E-state index contributed by atoms with van der Waals surface area (Å²) in [5.74, 6) is -9.14. The number of pyridine rings is 1. The molecule has 0 aliphatic carbocycles. The SMILES string of the molecule is COc1nc(C(C)=O)ccc1Cn1cnc(C(F)(F)C(F)F)c(Oc2cc(Cl)cc(C#N)c2F)c1=O. The molecule has 188 valence electrons. The zero-order valence-electron chi connectivity index (χ0n) is 18.4. The van der Waals surface area contributed by atoms with Crippen LogP contribution in [0.1, 0.15) is 34.2 Å². The number of ketones is 1. The van der Waals surface area contributed by atoms with Gasteiger partial charge in [-0.25, -0.2) is 23.1 Å². The average Bonchev–Trinajstić information content (AvgIpc) is 2.83. The first kappa shape index (κ1) is 26.6. The Hall–Kier alpha value is -4.05. The van der Waals surface area contributed by atoms with E-state index >= 15 is 0 Å². The maximum atomic E-state index is 14.6. The zero-order valence-corrected chi connectivity index (χ0v) is 19.1. The van der Waals surface area contributed by atoms with Crippen LogP contribution < -0.4 is 15.0 Å². The van der Waals surface area contributed by atoms with Crippen molar-refractivity contribution in [1.29, 1.82) is 5.26 Å². The Morgan fingerprint density at radius 3 is 2.58 bits per heavy atom. The third-order valence-electron chi connectivity index (χ3n) is 4.76. The lowest BCUT2D eigenvalue weighted by molar-refractivity contribution is -0.139. The zero-order chi connectivity index (χ0) is 26.8. The first-order valence-electron chi connectivity index (χ1n) is 9.78. The fourth-order valence-corrected chi connectivity index (χ4v) is 3.20. The highest BCUT2D eigenvalue weighted by Crippen LogP contribution is 2.39. The first-order chi connectivity index (χ1) is 16.9. The number of alkyl halides is 4. The van der Waals surface area contributed by atoms with E-state index in [9.17, 15) is 31.5 Å². The Morgan fingerprint density at radius 2 is 2.00 bits per heavy atom. The van der Waals surface area contributed by atoms with E-state index in [0.29, 0.717) is 10.9 Å². The van der Waals surface area contributed by atoms with E-state index in [1.54, 1.807) is 0 Å². The summed E-state index contributed by atoms with van der Waals surface area (Å²) in [4.78, 5) is 31.9. The molecule has 2 aromatic heterocycles. The topological polar surface area (TPSA) is 107 Å². The summed E-state index contributed by atoms with van der Waals surface area (Å²) in [6.45, 7) is 0.826. The summed E-state index contributed by atoms with van der Waals surface area (Å²) in [5.41, 5.74) is -3.57. The summed E-state index contributed by atoms with van der Waals surface area (Å²) >= 11 is 5.78. The van der Waals surface area contributed by atoms with Gasteiger partial charge in [0.1, 0.15) is 11.8 Å². The molecule has 3 rings (SSSR count). The molecule has 0 radical (unpaired) electrons. The molecule has 36 heavy (non-hydrogen) atoms. The van der Waals surface area contributed by atoms with Gasteiger partial charge in [0.05, 0.1) is 25.5 Å². The van der Waals surface area contributed by atoms with E-state index in [4.69, 9.17) is 26.3 Å². The molecule has 14 heteroatoms. The van der Waals surface area contributed by atoms with Gasteiger partial charge in [-0.3, -0.25) is 14.2 Å². The highest BCUT2D eigenvalue weighted by atomic mass is 35.5. The van der Waals surface area contributed by atoms with E-state index in [-0.39, 0.29) is 27.9 Å². The van der Waals surface area contributed by atoms with Gasteiger partial charge in [-0.2, -0.15) is 14.0 Å². The number of Topliss-reactive ketones (excluding diaryl/α,β-unsaturated/α-hetero) is 1. The fourth-order valence-electron chi connectivity index (χ4n) is 2.99. The molecule has 8 nitrogen and oxygen atoms in total. The summed E-state index contributed by atoms with van der Waals surface area (Å²) in [6, 6.07) is 5.82. The molecule has 0 saturated carbocycles. The molecule has 0 atom stereocenters. The van der Waals surface area contributed by atoms with Gasteiger partial charge in [0.2, 0.25) is 11.6 Å². The van der Waals surface area contributed by atoms with E-state index < -0.39 is 53.0 Å². The highest BCUT2D eigenvalue weighted by Gasteiger charge is 2.48. The number of rotatable bonds is 8. The number of methoxy groups -OCH3 is 1. The lowest BCUT2D eigenvalue weighted by Gasteiger charge is -2.19. The van der Waals surface area contributed by atoms with Crippen LogP contribution in [0.2, 0.25) is 5.02 Å². The minimum absolute atomic E-state index is 0.0433. The smallest absolute Gasteiger partial charge is 0.352 e. The van der Waals surface area contributed by atoms with Gasteiger partial charge in [-0.15, -0.1) is 0 Å². The van der Waals surface area contributed by atoms with Crippen molar-refractivity contribution in [3.8, 4) is 23.4 Å². The maximum absolute atomic E-state index is 14.6. The third kappa shape index (κ3) is 5.13. The van der Waals surface area contributed by atoms with Crippen LogP contribution in [-0.2, 0) is 12.5 Å². The van der Waals surface area contributed by atoms with Crippen molar-refractivity contribution in [1.82, 2.24) is 14.5 Å². The van der Waals surface area contributed by atoms with E-state index in [1.807, 2.05) is 0 Å². The van der Waals surface area contributed by atoms with Crippen LogP contribution in [0.15, 0.2) is 35.4 Å². The molecule has 0 saturated heterocycles. The molecule has 0 N–H and O–H groups in total. The number of aromatic nitrogens is 3. The van der Waals surface area contributed by atoms with Gasteiger partial charge < -0.3 is 9.47 Å². The average molecular weight is 529 g/mol. The van der Waals surface area contributed by atoms with Crippen LogP contribution in [0, 0.1) is 17.1 Å². The van der Waals surface area contributed by atoms with Gasteiger partial charge in [0, 0.05) is 23.6 Å².